The molecule has 2 heteroatoms. The molecule has 0 aromatic rings. The molecule has 1 unspecified atom stereocenters. The molecule has 0 fully saturated rings. The molecule has 0 aliphatic carbocycles. The van der Waals surface area contributed by atoms with Gasteiger partial charge in [-0.05, 0) is 11.6 Å². The third-order valence-electron chi connectivity index (χ3n) is 0.911. The predicted molar refractivity (Wildman–Crippen MR) is 41.3 cm³/mol. The van der Waals surface area contributed by atoms with Crippen LogP contribution in [0.1, 0.15) is 27.2 Å². The summed E-state index contributed by atoms with van der Waals surface area (Å²) in [6.07, 6.45) is 1.23. The quantitative estimate of drug-likeness (QED) is 0.491. The largest absolute Gasteiger partial charge is 0.147 e. The second-order valence-electron chi connectivity index (χ2n) is 2.34. The van der Waals surface area contributed by atoms with Gasteiger partial charge in [0.15, 0.2) is 0 Å². The van der Waals surface area contributed by atoms with Gasteiger partial charge >= 0.3 is 0 Å². The number of rotatable bonds is 1. The topological polar surface area (TPSA) is 0 Å². The van der Waals surface area contributed by atoms with Crippen molar-refractivity contribution < 1.29 is 0 Å². The highest BCUT2D eigenvalue weighted by Crippen LogP contribution is 2.18. The second-order valence-corrected chi connectivity index (χ2v) is 3.91. The highest BCUT2D eigenvalue weighted by Gasteiger charge is 2.03. The first-order valence-electron chi connectivity index (χ1n) is 2.35. The SMILES string of the molecule is CCC(C)(C)P.Cl. The zero-order valence-electron chi connectivity index (χ0n) is 5.19. The van der Waals surface area contributed by atoms with Crippen LogP contribution in [0.25, 0.3) is 0 Å². The van der Waals surface area contributed by atoms with Crippen molar-refractivity contribution in [3.8, 4) is 0 Å². The van der Waals surface area contributed by atoms with E-state index in [1.54, 1.807) is 0 Å². The van der Waals surface area contributed by atoms with Crippen molar-refractivity contribution in [3.63, 3.8) is 0 Å². The monoisotopic (exact) mass is 140 g/mol. The number of halogens is 1. The molecule has 0 aliphatic rings. The lowest BCUT2D eigenvalue weighted by Gasteiger charge is -2.12. The van der Waals surface area contributed by atoms with Crippen molar-refractivity contribution in [3.05, 3.63) is 0 Å². The Labute approximate surface area is 54.7 Å². The van der Waals surface area contributed by atoms with Crippen LogP contribution in [0.2, 0.25) is 0 Å². The first kappa shape index (κ1) is 10.7. The van der Waals surface area contributed by atoms with Gasteiger partial charge in [-0.2, -0.15) is 0 Å². The highest BCUT2D eigenvalue weighted by atomic mass is 35.5. The van der Waals surface area contributed by atoms with Crippen LogP contribution in [0, 0.1) is 0 Å². The summed E-state index contributed by atoms with van der Waals surface area (Å²) < 4.78 is 0. The summed E-state index contributed by atoms with van der Waals surface area (Å²) in [5.74, 6) is 0. The van der Waals surface area contributed by atoms with Gasteiger partial charge in [0.2, 0.25) is 0 Å². The molecule has 46 valence electrons. The van der Waals surface area contributed by atoms with Gasteiger partial charge < -0.3 is 0 Å². The maximum absolute atomic E-state index is 2.79. The molecular weight excluding hydrogens is 126 g/mol. The van der Waals surface area contributed by atoms with Gasteiger partial charge in [0.1, 0.15) is 0 Å². The van der Waals surface area contributed by atoms with Gasteiger partial charge in [-0.1, -0.05) is 20.8 Å². The minimum atomic E-state index is 0. The Morgan fingerprint density at radius 2 is 1.57 bits per heavy atom. The minimum Gasteiger partial charge on any atom is -0.147 e. The fraction of sp³-hybridized carbons (Fsp3) is 1.00. The zero-order chi connectivity index (χ0) is 5.21. The average molecular weight is 141 g/mol. The Morgan fingerprint density at radius 3 is 1.57 bits per heavy atom. The van der Waals surface area contributed by atoms with Crippen molar-refractivity contribution >= 4 is 21.6 Å². The Bertz CT molecular complexity index is 37.8. The number of hydrogen-bond donors (Lipinski definition) is 0. The molecule has 0 aromatic heterocycles. The van der Waals surface area contributed by atoms with Gasteiger partial charge in [-0.25, -0.2) is 0 Å². The van der Waals surface area contributed by atoms with E-state index in [2.05, 4.69) is 30.0 Å². The van der Waals surface area contributed by atoms with Crippen LogP contribution < -0.4 is 0 Å². The Morgan fingerprint density at radius 1 is 1.43 bits per heavy atom. The fourth-order valence-corrected chi connectivity index (χ4v) is 0. The van der Waals surface area contributed by atoms with Crippen LogP contribution >= 0.6 is 21.6 Å². The minimum absolute atomic E-state index is 0. The standard InChI is InChI=1S/C5H13P.ClH/c1-4-5(2,3)6;/h4,6H2,1-3H3;1H. The van der Waals surface area contributed by atoms with Gasteiger partial charge in [0.25, 0.3) is 0 Å². The summed E-state index contributed by atoms with van der Waals surface area (Å²) in [5.41, 5.74) is 0. The molecule has 0 saturated carbocycles. The van der Waals surface area contributed by atoms with Gasteiger partial charge in [-0.3, -0.25) is 0 Å². The van der Waals surface area contributed by atoms with E-state index in [0.717, 1.165) is 0 Å². The lowest BCUT2D eigenvalue weighted by molar-refractivity contribution is 0.685. The molecule has 0 aromatic carbocycles. The molecule has 0 nitrogen and oxygen atoms in total. The van der Waals surface area contributed by atoms with Crippen LogP contribution in [0.5, 0.6) is 0 Å². The molecule has 0 radical (unpaired) electrons. The Balaban J connectivity index is 0. The third kappa shape index (κ3) is 10.8. The van der Waals surface area contributed by atoms with Crippen molar-refractivity contribution in [1.82, 2.24) is 0 Å². The molecule has 0 heterocycles. The maximum Gasteiger partial charge on any atom is -0.0209 e. The summed E-state index contributed by atoms with van der Waals surface area (Å²) in [6.45, 7) is 6.60. The van der Waals surface area contributed by atoms with E-state index in [4.69, 9.17) is 0 Å². The first-order chi connectivity index (χ1) is 2.56. The smallest absolute Gasteiger partial charge is 0.0209 e. The lowest BCUT2D eigenvalue weighted by Crippen LogP contribution is -2.04. The highest BCUT2D eigenvalue weighted by molar-refractivity contribution is 7.18. The lowest BCUT2D eigenvalue weighted by atomic mass is 10.1. The molecule has 0 aliphatic heterocycles. The van der Waals surface area contributed by atoms with Gasteiger partial charge in [0, 0.05) is 0 Å². The Hall–Kier alpha value is 0.720. The fourth-order valence-electron chi connectivity index (χ4n) is 0. The van der Waals surface area contributed by atoms with Gasteiger partial charge in [-0.15, -0.1) is 21.6 Å². The average Bonchev–Trinajstić information content (AvgIpc) is 1.35. The van der Waals surface area contributed by atoms with Crippen LogP contribution in [0.15, 0.2) is 0 Å². The van der Waals surface area contributed by atoms with E-state index < -0.39 is 0 Å². The van der Waals surface area contributed by atoms with Crippen LogP contribution in [0.4, 0.5) is 0 Å². The molecule has 7 heavy (non-hydrogen) atoms. The zero-order valence-corrected chi connectivity index (χ0v) is 7.16. The van der Waals surface area contributed by atoms with E-state index in [1.807, 2.05) is 0 Å². The molecule has 0 amide bonds. The van der Waals surface area contributed by atoms with Crippen LogP contribution in [-0.4, -0.2) is 5.16 Å². The first-order valence-corrected chi connectivity index (χ1v) is 2.93. The molecule has 0 spiro atoms. The summed E-state index contributed by atoms with van der Waals surface area (Å²) in [7, 11) is 2.79. The van der Waals surface area contributed by atoms with Crippen LogP contribution in [0.3, 0.4) is 0 Å². The molecule has 0 bridgehead atoms. The normalized spacial score (nSPS) is 10.3. The maximum atomic E-state index is 2.79. The van der Waals surface area contributed by atoms with E-state index >= 15 is 0 Å². The van der Waals surface area contributed by atoms with E-state index in [1.165, 1.54) is 6.42 Å². The van der Waals surface area contributed by atoms with Crippen molar-refractivity contribution in [2.24, 2.45) is 0 Å². The van der Waals surface area contributed by atoms with Crippen LogP contribution in [-0.2, 0) is 0 Å². The van der Waals surface area contributed by atoms with E-state index in [-0.39, 0.29) is 12.4 Å². The van der Waals surface area contributed by atoms with Crippen molar-refractivity contribution in [2.45, 2.75) is 32.3 Å². The van der Waals surface area contributed by atoms with E-state index in [0.29, 0.717) is 5.16 Å². The number of hydrogen-bond acceptors (Lipinski definition) is 0. The summed E-state index contributed by atoms with van der Waals surface area (Å²) in [6, 6.07) is 0. The summed E-state index contributed by atoms with van der Waals surface area (Å²) in [5, 5.41) is 0.458. The molecule has 0 saturated heterocycles. The third-order valence-corrected chi connectivity index (χ3v) is 1.32. The molecule has 0 N–H and O–H groups in total. The summed E-state index contributed by atoms with van der Waals surface area (Å²) >= 11 is 0. The summed E-state index contributed by atoms with van der Waals surface area (Å²) in [4.78, 5) is 0. The van der Waals surface area contributed by atoms with Gasteiger partial charge in [0.05, 0.1) is 0 Å². The molecule has 1 atom stereocenters. The Kier molecular flexibility index (Phi) is 5.62. The second kappa shape index (κ2) is 3.69. The van der Waals surface area contributed by atoms with Crippen molar-refractivity contribution in [2.75, 3.05) is 0 Å². The molecular formula is C5H14ClP. The van der Waals surface area contributed by atoms with Crippen molar-refractivity contribution in [1.29, 1.82) is 0 Å². The molecule has 0 rings (SSSR count). The predicted octanol–water partition coefficient (Wildman–Crippen LogP) is 2.47. The van der Waals surface area contributed by atoms with E-state index in [9.17, 15) is 0 Å².